The summed E-state index contributed by atoms with van der Waals surface area (Å²) in [7, 11) is 0. The van der Waals surface area contributed by atoms with E-state index in [1.165, 1.54) is 22.3 Å². The van der Waals surface area contributed by atoms with E-state index >= 15 is 0 Å². The molecule has 4 heteroatoms. The van der Waals surface area contributed by atoms with Gasteiger partial charge in [-0.1, -0.05) is 48.5 Å². The summed E-state index contributed by atoms with van der Waals surface area (Å²) in [5, 5.41) is 1.02. The molecule has 0 aromatic heterocycles. The number of carbonyl (C=O) groups is 2. The van der Waals surface area contributed by atoms with Gasteiger partial charge in [0.15, 0.2) is 0 Å². The number of nitrogens with zero attached hydrogens (tertiary/aromatic N) is 1. The lowest BCUT2D eigenvalue weighted by Gasteiger charge is -2.45. The fourth-order valence-electron chi connectivity index (χ4n) is 4.91. The molecule has 1 aliphatic heterocycles. The first-order chi connectivity index (χ1) is 11.7. The minimum absolute atomic E-state index is 0.0608. The normalized spacial score (nSPS) is 29.5. The van der Waals surface area contributed by atoms with Gasteiger partial charge in [0.25, 0.3) is 11.8 Å². The van der Waals surface area contributed by atoms with Crippen molar-refractivity contribution >= 4 is 11.8 Å². The molecule has 1 saturated heterocycles. The lowest BCUT2D eigenvalue weighted by molar-refractivity contribution is -0.188. The molecular formula is C20H17NO3. The van der Waals surface area contributed by atoms with Crippen LogP contribution in [0, 0.1) is 11.8 Å². The zero-order chi connectivity index (χ0) is 16.4. The second kappa shape index (κ2) is 4.77. The standard InChI is InChI=1S/C20H17NO3/c1-2-24-21-19(22)17-15-11-7-3-4-8-12(11)16(18(17)20(21)23)14-10-6-5-9-13(14)15/h3-10,15-18H,2H2,1H3/t15?,16?,17-,18-/m1/s1. The van der Waals surface area contributed by atoms with Crippen molar-refractivity contribution in [1.29, 1.82) is 0 Å². The van der Waals surface area contributed by atoms with Crippen LogP contribution in [0.2, 0.25) is 0 Å². The summed E-state index contributed by atoms with van der Waals surface area (Å²) in [5.74, 6) is -1.20. The summed E-state index contributed by atoms with van der Waals surface area (Å²) in [6.07, 6.45) is 0. The number of imide groups is 1. The first kappa shape index (κ1) is 13.9. The lowest BCUT2D eigenvalue weighted by Crippen LogP contribution is -2.41. The fraction of sp³-hybridized carbons (Fsp3) is 0.300. The average molecular weight is 319 g/mol. The summed E-state index contributed by atoms with van der Waals surface area (Å²) in [6, 6.07) is 16.4. The van der Waals surface area contributed by atoms with Crippen molar-refractivity contribution in [2.24, 2.45) is 11.8 Å². The SMILES string of the molecule is CCON1C(=O)[C@@H]2C3c4ccccc4C(c4ccccc43)[C@H]2C1=O. The van der Waals surface area contributed by atoms with Gasteiger partial charge in [0.1, 0.15) is 0 Å². The van der Waals surface area contributed by atoms with Gasteiger partial charge in [0.2, 0.25) is 0 Å². The van der Waals surface area contributed by atoms with Gasteiger partial charge in [-0.15, -0.1) is 0 Å². The van der Waals surface area contributed by atoms with E-state index in [-0.39, 0.29) is 35.5 Å². The maximum atomic E-state index is 12.9. The molecule has 24 heavy (non-hydrogen) atoms. The van der Waals surface area contributed by atoms with E-state index < -0.39 is 0 Å². The van der Waals surface area contributed by atoms with Gasteiger partial charge in [0, 0.05) is 11.8 Å². The molecule has 1 heterocycles. The number of hydrogen-bond acceptors (Lipinski definition) is 3. The van der Waals surface area contributed by atoms with Crippen LogP contribution in [0.3, 0.4) is 0 Å². The Hall–Kier alpha value is -2.46. The van der Waals surface area contributed by atoms with E-state index in [0.29, 0.717) is 6.61 Å². The lowest BCUT2D eigenvalue weighted by atomic mass is 9.55. The molecule has 3 aliphatic carbocycles. The second-order valence-corrected chi connectivity index (χ2v) is 6.65. The van der Waals surface area contributed by atoms with Crippen LogP contribution >= 0.6 is 0 Å². The van der Waals surface area contributed by atoms with Crippen molar-refractivity contribution in [1.82, 2.24) is 5.06 Å². The van der Waals surface area contributed by atoms with Crippen LogP contribution in [0.25, 0.3) is 0 Å². The highest BCUT2D eigenvalue weighted by Crippen LogP contribution is 2.60. The van der Waals surface area contributed by atoms with Crippen LogP contribution in [-0.2, 0) is 14.4 Å². The van der Waals surface area contributed by atoms with Crippen molar-refractivity contribution in [3.05, 3.63) is 70.8 Å². The Balaban J connectivity index is 1.77. The topological polar surface area (TPSA) is 46.6 Å². The number of benzene rings is 2. The first-order valence-electron chi connectivity index (χ1n) is 8.42. The second-order valence-electron chi connectivity index (χ2n) is 6.65. The van der Waals surface area contributed by atoms with Gasteiger partial charge >= 0.3 is 0 Å². The predicted molar refractivity (Wildman–Crippen MR) is 87.0 cm³/mol. The molecule has 0 saturated carbocycles. The van der Waals surface area contributed by atoms with Crippen LogP contribution in [0.15, 0.2) is 48.5 Å². The highest BCUT2D eigenvalue weighted by molar-refractivity contribution is 6.06. The number of amides is 2. The van der Waals surface area contributed by atoms with E-state index in [0.717, 1.165) is 5.06 Å². The molecule has 0 N–H and O–H groups in total. The van der Waals surface area contributed by atoms with E-state index in [1.54, 1.807) is 6.92 Å². The zero-order valence-corrected chi connectivity index (χ0v) is 13.3. The monoisotopic (exact) mass is 319 g/mol. The summed E-state index contributed by atoms with van der Waals surface area (Å²) < 4.78 is 0. The molecule has 2 bridgehead atoms. The van der Waals surface area contributed by atoms with Gasteiger partial charge in [-0.05, 0) is 29.2 Å². The molecule has 2 aromatic rings. The third-order valence-electron chi connectivity index (χ3n) is 5.67. The van der Waals surface area contributed by atoms with Crippen LogP contribution in [-0.4, -0.2) is 23.5 Å². The molecule has 0 spiro atoms. The first-order valence-corrected chi connectivity index (χ1v) is 8.42. The smallest absolute Gasteiger partial charge is 0.258 e. The molecule has 2 atom stereocenters. The molecule has 0 unspecified atom stereocenters. The molecule has 2 amide bonds. The van der Waals surface area contributed by atoms with Crippen LogP contribution in [0.4, 0.5) is 0 Å². The largest absolute Gasteiger partial charge is 0.272 e. The molecule has 4 aliphatic rings. The summed E-state index contributed by atoms with van der Waals surface area (Å²) in [5.41, 5.74) is 4.73. The minimum atomic E-state index is -0.348. The van der Waals surface area contributed by atoms with Gasteiger partial charge < -0.3 is 0 Å². The zero-order valence-electron chi connectivity index (χ0n) is 13.3. The number of hydroxylamine groups is 2. The minimum Gasteiger partial charge on any atom is -0.272 e. The Morgan fingerprint density at radius 1 is 0.792 bits per heavy atom. The number of rotatable bonds is 2. The molecular weight excluding hydrogens is 302 g/mol. The van der Waals surface area contributed by atoms with Crippen molar-refractivity contribution in [2.45, 2.75) is 18.8 Å². The third kappa shape index (κ3) is 1.52. The van der Waals surface area contributed by atoms with Crippen LogP contribution in [0.1, 0.15) is 41.0 Å². The Kier molecular flexibility index (Phi) is 2.77. The molecule has 2 aromatic carbocycles. The molecule has 120 valence electrons. The third-order valence-corrected chi connectivity index (χ3v) is 5.67. The molecule has 0 radical (unpaired) electrons. The van der Waals surface area contributed by atoms with E-state index in [4.69, 9.17) is 4.84 Å². The Morgan fingerprint density at radius 3 is 1.50 bits per heavy atom. The predicted octanol–water partition coefficient (Wildman–Crippen LogP) is 2.83. The van der Waals surface area contributed by atoms with Gasteiger partial charge in [-0.3, -0.25) is 14.4 Å². The quantitative estimate of drug-likeness (QED) is 0.800. The highest BCUT2D eigenvalue weighted by atomic mass is 16.7. The summed E-state index contributed by atoms with van der Waals surface area (Å²) in [4.78, 5) is 31.2. The van der Waals surface area contributed by atoms with Gasteiger partial charge in [-0.25, -0.2) is 0 Å². The molecule has 4 nitrogen and oxygen atoms in total. The summed E-state index contributed by atoms with van der Waals surface area (Å²) in [6.45, 7) is 2.10. The average Bonchev–Trinajstić information content (AvgIpc) is 2.88. The fourth-order valence-corrected chi connectivity index (χ4v) is 4.91. The Morgan fingerprint density at radius 2 is 1.17 bits per heavy atom. The van der Waals surface area contributed by atoms with Gasteiger partial charge in [0.05, 0.1) is 18.4 Å². The van der Waals surface area contributed by atoms with Crippen molar-refractivity contribution in [3.8, 4) is 0 Å². The van der Waals surface area contributed by atoms with Crippen molar-refractivity contribution in [3.63, 3.8) is 0 Å². The highest BCUT2D eigenvalue weighted by Gasteiger charge is 2.62. The van der Waals surface area contributed by atoms with E-state index in [9.17, 15) is 9.59 Å². The van der Waals surface area contributed by atoms with Crippen molar-refractivity contribution < 1.29 is 14.4 Å². The summed E-state index contributed by atoms with van der Waals surface area (Å²) >= 11 is 0. The maximum Gasteiger partial charge on any atom is 0.258 e. The van der Waals surface area contributed by atoms with E-state index in [2.05, 4.69) is 24.3 Å². The van der Waals surface area contributed by atoms with Crippen molar-refractivity contribution in [2.75, 3.05) is 6.61 Å². The van der Waals surface area contributed by atoms with Crippen LogP contribution < -0.4 is 0 Å². The van der Waals surface area contributed by atoms with Crippen LogP contribution in [0.5, 0.6) is 0 Å². The Labute approximate surface area is 140 Å². The van der Waals surface area contributed by atoms with E-state index in [1.807, 2.05) is 24.3 Å². The molecule has 6 rings (SSSR count). The molecule has 1 fully saturated rings. The Bertz CT molecular complexity index is 759. The maximum absolute atomic E-state index is 12.9. The number of hydrogen-bond donors (Lipinski definition) is 0. The number of carbonyl (C=O) groups excluding carboxylic acids is 2. The van der Waals surface area contributed by atoms with Gasteiger partial charge in [-0.2, -0.15) is 5.06 Å².